The summed E-state index contributed by atoms with van der Waals surface area (Å²) in [5.41, 5.74) is -0.0354. The van der Waals surface area contributed by atoms with Gasteiger partial charge in [0.15, 0.2) is 0 Å². The topological polar surface area (TPSA) is 72.2 Å². The van der Waals surface area contributed by atoms with Crippen molar-refractivity contribution in [1.29, 1.82) is 0 Å². The minimum atomic E-state index is -0.674. The fraction of sp³-hybridized carbons (Fsp3) is 0. The summed E-state index contributed by atoms with van der Waals surface area (Å²) in [4.78, 5) is 22.7. The van der Waals surface area contributed by atoms with Gasteiger partial charge in [-0.25, -0.2) is 0 Å². The van der Waals surface area contributed by atoms with Gasteiger partial charge in [-0.1, -0.05) is 23.7 Å². The molecule has 0 bridgehead atoms. The van der Waals surface area contributed by atoms with Crippen LogP contribution in [0.15, 0.2) is 45.3 Å². The largest absolute Gasteiger partial charge is 0.320 e. The lowest BCUT2D eigenvalue weighted by atomic mass is 10.1. The van der Waals surface area contributed by atoms with Crippen molar-refractivity contribution < 1.29 is 9.72 Å². The summed E-state index contributed by atoms with van der Waals surface area (Å²) >= 11 is 12.4. The van der Waals surface area contributed by atoms with Gasteiger partial charge in [-0.2, -0.15) is 0 Å². The molecule has 5 nitrogen and oxygen atoms in total. The molecule has 0 aromatic heterocycles. The van der Waals surface area contributed by atoms with Crippen LogP contribution in [0.5, 0.6) is 0 Å². The van der Waals surface area contributed by atoms with Crippen molar-refractivity contribution in [2.45, 2.75) is 0 Å². The Labute approximate surface area is 141 Å². The van der Waals surface area contributed by atoms with Crippen LogP contribution in [0.3, 0.4) is 0 Å². The minimum Gasteiger partial charge on any atom is -0.320 e. The van der Waals surface area contributed by atoms with E-state index in [0.29, 0.717) is 14.6 Å². The normalized spacial score (nSPS) is 10.2. The number of benzene rings is 2. The molecule has 108 valence electrons. The molecule has 0 atom stereocenters. The molecule has 0 saturated heterocycles. The highest BCUT2D eigenvalue weighted by atomic mass is 79.9. The molecule has 0 aliphatic rings. The Bertz CT molecular complexity index is 717. The lowest BCUT2D eigenvalue weighted by Gasteiger charge is -2.10. The van der Waals surface area contributed by atoms with E-state index >= 15 is 0 Å². The summed E-state index contributed by atoms with van der Waals surface area (Å²) in [6.07, 6.45) is 0. The number of para-hydroxylation sites is 2. The maximum Gasteiger partial charge on any atom is 0.300 e. The number of carbonyl (C=O) groups is 1. The van der Waals surface area contributed by atoms with Crippen LogP contribution >= 0.6 is 43.5 Å². The lowest BCUT2D eigenvalue weighted by Crippen LogP contribution is -2.14. The first-order valence-corrected chi connectivity index (χ1v) is 7.56. The van der Waals surface area contributed by atoms with Gasteiger partial charge in [0.25, 0.3) is 5.91 Å². The minimum absolute atomic E-state index is 0.0844. The molecule has 1 N–H and O–H groups in total. The number of hydrogen-bond donors (Lipinski definition) is 1. The van der Waals surface area contributed by atoms with Gasteiger partial charge in [0, 0.05) is 8.95 Å². The summed E-state index contributed by atoms with van der Waals surface area (Å²) in [6.45, 7) is 0. The SMILES string of the molecule is O=C(Nc1c(Br)cccc1Br)c1cccc(Cl)c1[N+](=O)[O-]. The van der Waals surface area contributed by atoms with E-state index in [2.05, 4.69) is 37.2 Å². The highest BCUT2D eigenvalue weighted by molar-refractivity contribution is 9.11. The second-order valence-corrected chi connectivity index (χ2v) is 6.06. The quantitative estimate of drug-likeness (QED) is 0.544. The van der Waals surface area contributed by atoms with Gasteiger partial charge >= 0.3 is 5.69 Å². The molecule has 0 aliphatic carbocycles. The second kappa shape index (κ2) is 6.55. The molecule has 0 fully saturated rings. The van der Waals surface area contributed by atoms with E-state index < -0.39 is 16.5 Å². The number of nitro benzene ring substituents is 1. The van der Waals surface area contributed by atoms with E-state index in [1.807, 2.05) is 0 Å². The van der Waals surface area contributed by atoms with Crippen LogP contribution in [0.2, 0.25) is 5.02 Å². The zero-order valence-corrected chi connectivity index (χ0v) is 14.2. The van der Waals surface area contributed by atoms with Gasteiger partial charge in [0.05, 0.1) is 10.6 Å². The van der Waals surface area contributed by atoms with Gasteiger partial charge in [-0.05, 0) is 56.1 Å². The molecule has 2 aromatic rings. The van der Waals surface area contributed by atoms with Crippen molar-refractivity contribution in [3.8, 4) is 0 Å². The van der Waals surface area contributed by atoms with Gasteiger partial charge in [0.2, 0.25) is 0 Å². The summed E-state index contributed by atoms with van der Waals surface area (Å²) in [5, 5.41) is 13.6. The maximum absolute atomic E-state index is 12.3. The average Bonchev–Trinajstić information content (AvgIpc) is 2.42. The fourth-order valence-corrected chi connectivity index (χ4v) is 3.12. The van der Waals surface area contributed by atoms with Crippen LogP contribution in [0.4, 0.5) is 11.4 Å². The molecule has 2 rings (SSSR count). The molecule has 0 unspecified atom stereocenters. The van der Waals surface area contributed by atoms with E-state index in [-0.39, 0.29) is 10.6 Å². The van der Waals surface area contributed by atoms with Crippen LogP contribution < -0.4 is 5.32 Å². The average molecular weight is 434 g/mol. The molecule has 0 aliphatic heterocycles. The third kappa shape index (κ3) is 3.42. The molecule has 0 saturated carbocycles. The Hall–Kier alpha value is -1.44. The number of nitrogens with one attached hydrogen (secondary N) is 1. The van der Waals surface area contributed by atoms with E-state index in [0.717, 1.165) is 0 Å². The van der Waals surface area contributed by atoms with E-state index in [1.165, 1.54) is 18.2 Å². The summed E-state index contributed by atoms with van der Waals surface area (Å²) in [7, 11) is 0. The van der Waals surface area contributed by atoms with Gasteiger partial charge in [-0.15, -0.1) is 0 Å². The van der Waals surface area contributed by atoms with Gasteiger partial charge in [0.1, 0.15) is 10.6 Å². The first kappa shape index (κ1) is 15.9. The molecule has 21 heavy (non-hydrogen) atoms. The Morgan fingerprint density at radius 2 is 1.71 bits per heavy atom. The molecule has 0 heterocycles. The van der Waals surface area contributed by atoms with E-state index in [4.69, 9.17) is 11.6 Å². The van der Waals surface area contributed by atoms with Crippen LogP contribution in [0.1, 0.15) is 10.4 Å². The Kier molecular flexibility index (Phi) is 4.97. The summed E-state index contributed by atoms with van der Waals surface area (Å²) in [6, 6.07) is 9.47. The first-order chi connectivity index (χ1) is 9.91. The molecule has 1 amide bonds. The van der Waals surface area contributed by atoms with Crippen LogP contribution in [-0.2, 0) is 0 Å². The molecule has 2 aromatic carbocycles. The lowest BCUT2D eigenvalue weighted by molar-refractivity contribution is -0.385. The number of carbonyl (C=O) groups excluding carboxylic acids is 1. The fourth-order valence-electron chi connectivity index (χ4n) is 1.68. The van der Waals surface area contributed by atoms with Crippen molar-refractivity contribution >= 4 is 60.7 Å². The van der Waals surface area contributed by atoms with Gasteiger partial charge in [-0.3, -0.25) is 14.9 Å². The zero-order valence-electron chi connectivity index (χ0n) is 10.3. The summed E-state index contributed by atoms with van der Waals surface area (Å²) < 4.78 is 1.30. The molecule has 8 heteroatoms. The predicted octanol–water partition coefficient (Wildman–Crippen LogP) is 5.03. The van der Waals surface area contributed by atoms with Crippen LogP contribution in [0.25, 0.3) is 0 Å². The van der Waals surface area contributed by atoms with Crippen molar-refractivity contribution in [2.24, 2.45) is 0 Å². The first-order valence-electron chi connectivity index (χ1n) is 5.60. The van der Waals surface area contributed by atoms with Crippen LogP contribution in [-0.4, -0.2) is 10.8 Å². The highest BCUT2D eigenvalue weighted by Crippen LogP contribution is 2.33. The highest BCUT2D eigenvalue weighted by Gasteiger charge is 2.24. The monoisotopic (exact) mass is 432 g/mol. The standard InChI is InChI=1S/C13H7Br2ClN2O3/c14-8-4-2-5-9(15)11(8)17-13(19)7-3-1-6-10(16)12(7)18(20)21/h1-6H,(H,17,19). The van der Waals surface area contributed by atoms with Crippen molar-refractivity contribution in [3.05, 3.63) is 66.0 Å². The molecule has 0 radical (unpaired) electrons. The Morgan fingerprint density at radius 1 is 1.14 bits per heavy atom. The van der Waals surface area contributed by atoms with E-state index in [1.54, 1.807) is 18.2 Å². The zero-order chi connectivity index (χ0) is 15.6. The third-order valence-electron chi connectivity index (χ3n) is 2.62. The third-order valence-corrected chi connectivity index (χ3v) is 4.24. The Balaban J connectivity index is 2.43. The molecular weight excluding hydrogens is 427 g/mol. The van der Waals surface area contributed by atoms with Crippen molar-refractivity contribution in [2.75, 3.05) is 5.32 Å². The number of hydrogen-bond acceptors (Lipinski definition) is 3. The van der Waals surface area contributed by atoms with Crippen molar-refractivity contribution in [3.63, 3.8) is 0 Å². The number of halogens is 3. The summed E-state index contributed by atoms with van der Waals surface area (Å²) in [5.74, 6) is -0.614. The van der Waals surface area contributed by atoms with E-state index in [9.17, 15) is 14.9 Å². The predicted molar refractivity (Wildman–Crippen MR) is 87.9 cm³/mol. The second-order valence-electron chi connectivity index (χ2n) is 3.94. The van der Waals surface area contributed by atoms with Gasteiger partial charge < -0.3 is 5.32 Å². The Morgan fingerprint density at radius 3 is 2.29 bits per heavy atom. The molecular formula is C13H7Br2ClN2O3. The number of anilines is 1. The number of amides is 1. The number of rotatable bonds is 3. The number of nitro groups is 1. The molecule has 0 spiro atoms. The van der Waals surface area contributed by atoms with Crippen molar-refractivity contribution in [1.82, 2.24) is 0 Å². The van der Waals surface area contributed by atoms with Crippen LogP contribution in [0, 0.1) is 10.1 Å². The number of nitrogens with zero attached hydrogens (tertiary/aromatic N) is 1. The maximum atomic E-state index is 12.3. The smallest absolute Gasteiger partial charge is 0.300 e.